The zero-order valence-corrected chi connectivity index (χ0v) is 10.9. The van der Waals surface area contributed by atoms with Gasteiger partial charge in [0.1, 0.15) is 5.82 Å². The van der Waals surface area contributed by atoms with E-state index in [1.54, 1.807) is 0 Å². The second-order valence-corrected chi connectivity index (χ2v) is 4.46. The number of hydrogen-bond donors (Lipinski definition) is 3. The third kappa shape index (κ3) is 3.11. The highest BCUT2D eigenvalue weighted by atomic mass is 19.1. The molecule has 0 aliphatic heterocycles. The van der Waals surface area contributed by atoms with E-state index in [4.69, 9.17) is 10.2 Å². The maximum Gasteiger partial charge on any atom is 0.341 e. The van der Waals surface area contributed by atoms with Crippen LogP contribution in [0.15, 0.2) is 18.2 Å². The minimum Gasteiger partial charge on any atom is -0.479 e. The Morgan fingerprint density at radius 2 is 1.80 bits per heavy atom. The average molecular weight is 283 g/mol. The summed E-state index contributed by atoms with van der Waals surface area (Å²) in [5.74, 6) is -4.82. The Morgan fingerprint density at radius 1 is 1.25 bits per heavy atom. The van der Waals surface area contributed by atoms with Crippen LogP contribution in [0.1, 0.15) is 18.1 Å². The largest absolute Gasteiger partial charge is 0.479 e. The predicted molar refractivity (Wildman–Crippen MR) is 66.7 cm³/mol. The average Bonchev–Trinajstić information content (AvgIpc) is 2.31. The first-order chi connectivity index (χ1) is 9.19. The van der Waals surface area contributed by atoms with E-state index in [1.165, 1.54) is 19.1 Å². The van der Waals surface area contributed by atoms with Gasteiger partial charge in [0.15, 0.2) is 0 Å². The number of benzene rings is 1. The van der Waals surface area contributed by atoms with Crippen LogP contribution in [0.5, 0.6) is 0 Å². The van der Waals surface area contributed by atoms with Crippen LogP contribution in [0, 0.1) is 12.7 Å². The van der Waals surface area contributed by atoms with Crippen LogP contribution in [0.4, 0.5) is 4.39 Å². The van der Waals surface area contributed by atoms with Gasteiger partial charge < -0.3 is 15.5 Å². The Morgan fingerprint density at radius 3 is 2.20 bits per heavy atom. The Bertz CT molecular complexity index is 556. The highest BCUT2D eigenvalue weighted by Gasteiger charge is 2.47. The molecule has 0 aliphatic carbocycles. The molecule has 0 saturated heterocycles. The van der Waals surface area contributed by atoms with Gasteiger partial charge in [0.25, 0.3) is 0 Å². The first-order valence-corrected chi connectivity index (χ1v) is 5.69. The van der Waals surface area contributed by atoms with Crippen LogP contribution in [0.25, 0.3) is 0 Å². The van der Waals surface area contributed by atoms with Crippen molar-refractivity contribution in [2.24, 2.45) is 0 Å². The van der Waals surface area contributed by atoms with Gasteiger partial charge in [0.2, 0.25) is 11.4 Å². The molecule has 0 saturated carbocycles. The SMILES string of the molecule is CC(=O)NC(Cc1ccc(C)c(F)c1)(C(=O)O)C(=O)O. The number of hydrogen-bond acceptors (Lipinski definition) is 3. The normalized spacial score (nSPS) is 10.9. The number of amides is 1. The predicted octanol–water partition coefficient (Wildman–Crippen LogP) is 0.721. The van der Waals surface area contributed by atoms with Crippen molar-refractivity contribution in [3.63, 3.8) is 0 Å². The van der Waals surface area contributed by atoms with Crippen LogP contribution >= 0.6 is 0 Å². The lowest BCUT2D eigenvalue weighted by atomic mass is 9.90. The van der Waals surface area contributed by atoms with Gasteiger partial charge in [-0.05, 0) is 24.1 Å². The molecule has 0 radical (unpaired) electrons. The van der Waals surface area contributed by atoms with E-state index in [9.17, 15) is 18.8 Å². The maximum absolute atomic E-state index is 13.4. The Balaban J connectivity index is 3.23. The van der Waals surface area contributed by atoms with Gasteiger partial charge in [-0.3, -0.25) is 4.79 Å². The summed E-state index contributed by atoms with van der Waals surface area (Å²) in [6.45, 7) is 2.53. The lowest BCUT2D eigenvalue weighted by molar-refractivity contribution is -0.161. The first kappa shape index (κ1) is 15.6. The standard InChI is InChI=1S/C13H14FNO5/c1-7-3-4-9(5-10(7)14)6-13(11(17)18,12(19)20)15-8(2)16/h3-5H,6H2,1-2H3,(H,15,16)(H,17,18)(H,19,20). The van der Waals surface area contributed by atoms with E-state index in [-0.39, 0.29) is 5.56 Å². The van der Waals surface area contributed by atoms with Crippen molar-refractivity contribution >= 4 is 17.8 Å². The number of carbonyl (C=O) groups excluding carboxylic acids is 1. The fourth-order valence-electron chi connectivity index (χ4n) is 1.75. The summed E-state index contributed by atoms with van der Waals surface area (Å²) in [4.78, 5) is 33.6. The number of nitrogens with one attached hydrogen (secondary N) is 1. The molecule has 108 valence electrons. The molecule has 6 nitrogen and oxygen atoms in total. The van der Waals surface area contributed by atoms with Gasteiger partial charge in [-0.15, -0.1) is 0 Å². The number of aryl methyl sites for hydroxylation is 1. The molecule has 0 aromatic heterocycles. The van der Waals surface area contributed by atoms with Gasteiger partial charge >= 0.3 is 11.9 Å². The van der Waals surface area contributed by atoms with E-state index in [2.05, 4.69) is 0 Å². The van der Waals surface area contributed by atoms with Crippen molar-refractivity contribution in [3.05, 3.63) is 35.1 Å². The summed E-state index contributed by atoms with van der Waals surface area (Å²) in [5.41, 5.74) is -2.01. The monoisotopic (exact) mass is 283 g/mol. The Labute approximate surface area is 114 Å². The van der Waals surface area contributed by atoms with Gasteiger partial charge in [-0.1, -0.05) is 12.1 Å². The Kier molecular flexibility index (Phi) is 4.44. The molecule has 1 amide bonds. The summed E-state index contributed by atoms with van der Waals surface area (Å²) in [7, 11) is 0. The maximum atomic E-state index is 13.4. The number of carboxylic acids is 2. The Hall–Kier alpha value is -2.44. The number of carbonyl (C=O) groups is 3. The summed E-state index contributed by atoms with van der Waals surface area (Å²) in [6.07, 6.45) is -0.561. The van der Waals surface area contributed by atoms with Crippen molar-refractivity contribution in [2.75, 3.05) is 0 Å². The highest BCUT2D eigenvalue weighted by molar-refractivity contribution is 6.06. The molecule has 1 aromatic carbocycles. The smallest absolute Gasteiger partial charge is 0.341 e. The number of halogens is 1. The number of rotatable bonds is 5. The van der Waals surface area contributed by atoms with Crippen LogP contribution in [0.2, 0.25) is 0 Å². The van der Waals surface area contributed by atoms with Gasteiger partial charge in [0.05, 0.1) is 0 Å². The third-order valence-electron chi connectivity index (χ3n) is 2.83. The van der Waals surface area contributed by atoms with E-state index in [1.807, 2.05) is 5.32 Å². The quantitative estimate of drug-likeness (QED) is 0.691. The number of aliphatic carboxylic acids is 2. The molecular weight excluding hydrogens is 269 g/mol. The van der Waals surface area contributed by atoms with Gasteiger partial charge in [-0.2, -0.15) is 0 Å². The molecule has 0 fully saturated rings. The molecule has 1 rings (SSSR count). The lowest BCUT2D eigenvalue weighted by Crippen LogP contribution is -2.61. The molecule has 0 atom stereocenters. The van der Waals surface area contributed by atoms with E-state index >= 15 is 0 Å². The summed E-state index contributed by atoms with van der Waals surface area (Å²) < 4.78 is 13.4. The topological polar surface area (TPSA) is 104 Å². The van der Waals surface area contributed by atoms with E-state index < -0.39 is 35.6 Å². The van der Waals surface area contributed by atoms with Crippen molar-refractivity contribution < 1.29 is 29.0 Å². The zero-order valence-electron chi connectivity index (χ0n) is 10.9. The first-order valence-electron chi connectivity index (χ1n) is 5.69. The lowest BCUT2D eigenvalue weighted by Gasteiger charge is -2.25. The third-order valence-corrected chi connectivity index (χ3v) is 2.83. The zero-order chi connectivity index (χ0) is 15.5. The van der Waals surface area contributed by atoms with Crippen LogP contribution < -0.4 is 5.32 Å². The minimum absolute atomic E-state index is 0.159. The second kappa shape index (κ2) is 5.68. The summed E-state index contributed by atoms with van der Waals surface area (Å²) in [5, 5.41) is 20.2. The molecule has 0 aliphatic rings. The summed E-state index contributed by atoms with van der Waals surface area (Å²) >= 11 is 0. The molecular formula is C13H14FNO5. The van der Waals surface area contributed by atoms with E-state index in [0.717, 1.165) is 13.0 Å². The fourth-order valence-corrected chi connectivity index (χ4v) is 1.75. The molecule has 0 bridgehead atoms. The fraction of sp³-hybridized carbons (Fsp3) is 0.308. The highest BCUT2D eigenvalue weighted by Crippen LogP contribution is 2.18. The van der Waals surface area contributed by atoms with Crippen molar-refractivity contribution in [3.8, 4) is 0 Å². The van der Waals surface area contributed by atoms with Crippen molar-refractivity contribution in [1.29, 1.82) is 0 Å². The number of carboxylic acid groups (broad SMARTS) is 2. The van der Waals surface area contributed by atoms with Crippen molar-refractivity contribution in [2.45, 2.75) is 25.8 Å². The van der Waals surface area contributed by atoms with Crippen LogP contribution in [-0.2, 0) is 20.8 Å². The molecule has 0 heterocycles. The van der Waals surface area contributed by atoms with Gasteiger partial charge in [-0.25, -0.2) is 14.0 Å². The molecule has 1 aromatic rings. The van der Waals surface area contributed by atoms with Gasteiger partial charge in [0, 0.05) is 13.3 Å². The van der Waals surface area contributed by atoms with Crippen molar-refractivity contribution in [1.82, 2.24) is 5.32 Å². The van der Waals surface area contributed by atoms with Crippen LogP contribution in [0.3, 0.4) is 0 Å². The van der Waals surface area contributed by atoms with E-state index in [0.29, 0.717) is 5.56 Å². The molecule has 20 heavy (non-hydrogen) atoms. The van der Waals surface area contributed by atoms with Crippen LogP contribution in [-0.4, -0.2) is 33.6 Å². The second-order valence-electron chi connectivity index (χ2n) is 4.46. The molecule has 3 N–H and O–H groups in total. The minimum atomic E-state index is -2.52. The summed E-state index contributed by atoms with van der Waals surface area (Å²) in [6, 6.07) is 3.88. The molecule has 7 heteroatoms. The molecule has 0 unspecified atom stereocenters. The molecule has 0 spiro atoms.